The lowest BCUT2D eigenvalue weighted by molar-refractivity contribution is -0.152. The highest BCUT2D eigenvalue weighted by Gasteiger charge is 2.41. The van der Waals surface area contributed by atoms with Gasteiger partial charge in [0.15, 0.2) is 0 Å². The van der Waals surface area contributed by atoms with Crippen LogP contribution >= 0.6 is 0 Å². The maximum atomic E-state index is 12.8. The molecule has 5 nitrogen and oxygen atoms in total. The van der Waals surface area contributed by atoms with Gasteiger partial charge in [0.2, 0.25) is 5.91 Å². The van der Waals surface area contributed by atoms with E-state index in [0.29, 0.717) is 19.0 Å². The van der Waals surface area contributed by atoms with E-state index in [0.717, 1.165) is 45.2 Å². The molecule has 2 heterocycles. The van der Waals surface area contributed by atoms with Crippen LogP contribution in [-0.4, -0.2) is 50.1 Å². The van der Waals surface area contributed by atoms with E-state index in [1.54, 1.807) is 0 Å². The Morgan fingerprint density at radius 1 is 1.25 bits per heavy atom. The number of hydrogen-bond donors (Lipinski definition) is 1. The summed E-state index contributed by atoms with van der Waals surface area (Å²) in [5.74, 6) is 0.128. The van der Waals surface area contributed by atoms with Gasteiger partial charge in [-0.25, -0.2) is 0 Å². The Bertz CT molecular complexity index is 356. The van der Waals surface area contributed by atoms with Crippen LogP contribution in [0.3, 0.4) is 0 Å². The minimum Gasteiger partial charge on any atom is -0.469 e. The molecule has 2 fully saturated rings. The molecule has 0 aromatic carbocycles. The SMILES string of the molecule is CCC1(C(=O)N2CCC(C(=O)OC)CC2)CCNCC1. The number of esters is 1. The van der Waals surface area contributed by atoms with Crippen molar-refractivity contribution in [1.29, 1.82) is 0 Å². The van der Waals surface area contributed by atoms with Gasteiger partial charge in [-0.3, -0.25) is 9.59 Å². The van der Waals surface area contributed by atoms with Crippen LogP contribution in [0.5, 0.6) is 0 Å². The molecule has 1 N–H and O–H groups in total. The molecular formula is C15H26N2O3. The van der Waals surface area contributed by atoms with E-state index < -0.39 is 0 Å². The molecule has 0 atom stereocenters. The molecule has 2 aliphatic rings. The number of rotatable bonds is 3. The first kappa shape index (κ1) is 15.3. The number of likely N-dealkylation sites (tertiary alicyclic amines) is 1. The molecule has 0 bridgehead atoms. The molecular weight excluding hydrogens is 256 g/mol. The van der Waals surface area contributed by atoms with E-state index in [9.17, 15) is 9.59 Å². The second kappa shape index (κ2) is 6.57. The monoisotopic (exact) mass is 282 g/mol. The molecule has 2 rings (SSSR count). The number of nitrogens with one attached hydrogen (secondary N) is 1. The average molecular weight is 282 g/mol. The zero-order valence-electron chi connectivity index (χ0n) is 12.6. The van der Waals surface area contributed by atoms with Crippen molar-refractivity contribution in [3.8, 4) is 0 Å². The van der Waals surface area contributed by atoms with Crippen LogP contribution < -0.4 is 5.32 Å². The lowest BCUT2D eigenvalue weighted by Crippen LogP contribution is -2.51. The first-order valence-electron chi connectivity index (χ1n) is 7.71. The Hall–Kier alpha value is -1.10. The highest BCUT2D eigenvalue weighted by atomic mass is 16.5. The van der Waals surface area contributed by atoms with Gasteiger partial charge in [-0.1, -0.05) is 6.92 Å². The number of carbonyl (C=O) groups is 2. The average Bonchev–Trinajstić information content (AvgIpc) is 2.54. The van der Waals surface area contributed by atoms with E-state index in [4.69, 9.17) is 4.74 Å². The molecule has 0 spiro atoms. The predicted molar refractivity (Wildman–Crippen MR) is 76.1 cm³/mol. The van der Waals surface area contributed by atoms with Crippen molar-refractivity contribution >= 4 is 11.9 Å². The fraction of sp³-hybridized carbons (Fsp3) is 0.867. The number of carbonyl (C=O) groups excluding carboxylic acids is 2. The molecule has 5 heteroatoms. The Morgan fingerprint density at radius 3 is 2.35 bits per heavy atom. The highest BCUT2D eigenvalue weighted by molar-refractivity contribution is 5.83. The van der Waals surface area contributed by atoms with Crippen molar-refractivity contribution in [2.75, 3.05) is 33.3 Å². The normalized spacial score (nSPS) is 23.4. The number of methoxy groups -OCH3 is 1. The Labute approximate surface area is 121 Å². The van der Waals surface area contributed by atoms with Crippen molar-refractivity contribution in [2.45, 2.75) is 39.0 Å². The summed E-state index contributed by atoms with van der Waals surface area (Å²) in [6.45, 7) is 5.35. The highest BCUT2D eigenvalue weighted by Crippen LogP contribution is 2.35. The van der Waals surface area contributed by atoms with Crippen LogP contribution in [0, 0.1) is 11.3 Å². The van der Waals surface area contributed by atoms with Gasteiger partial charge in [-0.15, -0.1) is 0 Å². The summed E-state index contributed by atoms with van der Waals surface area (Å²) in [6, 6.07) is 0. The fourth-order valence-electron chi connectivity index (χ4n) is 3.44. The van der Waals surface area contributed by atoms with Crippen LogP contribution in [0.25, 0.3) is 0 Å². The van der Waals surface area contributed by atoms with E-state index in [-0.39, 0.29) is 17.3 Å². The van der Waals surface area contributed by atoms with Gasteiger partial charge in [0.1, 0.15) is 0 Å². The zero-order valence-corrected chi connectivity index (χ0v) is 12.6. The predicted octanol–water partition coefficient (Wildman–Crippen LogP) is 1.18. The third-order valence-corrected chi connectivity index (χ3v) is 5.01. The second-order valence-corrected chi connectivity index (χ2v) is 5.97. The van der Waals surface area contributed by atoms with Crippen molar-refractivity contribution in [1.82, 2.24) is 10.2 Å². The number of hydrogen-bond acceptors (Lipinski definition) is 4. The molecule has 0 radical (unpaired) electrons. The topological polar surface area (TPSA) is 58.6 Å². The lowest BCUT2D eigenvalue weighted by Gasteiger charge is -2.41. The number of ether oxygens (including phenoxy) is 1. The summed E-state index contributed by atoms with van der Waals surface area (Å²) in [6.07, 6.45) is 4.23. The van der Waals surface area contributed by atoms with Gasteiger partial charge in [0, 0.05) is 13.1 Å². The van der Waals surface area contributed by atoms with Crippen LogP contribution in [-0.2, 0) is 14.3 Å². The van der Waals surface area contributed by atoms with E-state index >= 15 is 0 Å². The van der Waals surface area contributed by atoms with Crippen molar-refractivity contribution in [2.24, 2.45) is 11.3 Å². The second-order valence-electron chi connectivity index (χ2n) is 5.97. The van der Waals surface area contributed by atoms with E-state index in [1.165, 1.54) is 7.11 Å². The largest absolute Gasteiger partial charge is 0.469 e. The zero-order chi connectivity index (χ0) is 14.6. The maximum Gasteiger partial charge on any atom is 0.308 e. The Kier molecular flexibility index (Phi) is 5.02. The number of nitrogens with zero attached hydrogens (tertiary/aromatic N) is 1. The van der Waals surface area contributed by atoms with Crippen LogP contribution in [0.4, 0.5) is 0 Å². The molecule has 1 amide bonds. The van der Waals surface area contributed by atoms with Crippen molar-refractivity contribution < 1.29 is 14.3 Å². The Morgan fingerprint density at radius 2 is 1.85 bits per heavy atom. The van der Waals surface area contributed by atoms with Crippen LogP contribution in [0.2, 0.25) is 0 Å². The summed E-state index contributed by atoms with van der Waals surface area (Å²) in [5.41, 5.74) is -0.177. The smallest absolute Gasteiger partial charge is 0.308 e. The Balaban J connectivity index is 1.95. The summed E-state index contributed by atoms with van der Waals surface area (Å²) in [4.78, 5) is 26.3. The summed E-state index contributed by atoms with van der Waals surface area (Å²) >= 11 is 0. The minimum absolute atomic E-state index is 0.0327. The maximum absolute atomic E-state index is 12.8. The van der Waals surface area contributed by atoms with E-state index in [2.05, 4.69) is 12.2 Å². The molecule has 114 valence electrons. The van der Waals surface area contributed by atoms with Gasteiger partial charge < -0.3 is 15.0 Å². The van der Waals surface area contributed by atoms with Gasteiger partial charge >= 0.3 is 5.97 Å². The molecule has 2 saturated heterocycles. The van der Waals surface area contributed by atoms with Crippen molar-refractivity contribution in [3.05, 3.63) is 0 Å². The molecule has 2 aliphatic heterocycles. The molecule has 0 aromatic heterocycles. The minimum atomic E-state index is -0.177. The van der Waals surface area contributed by atoms with Gasteiger partial charge in [-0.2, -0.15) is 0 Å². The van der Waals surface area contributed by atoms with Gasteiger partial charge in [0.25, 0.3) is 0 Å². The summed E-state index contributed by atoms with van der Waals surface area (Å²) in [7, 11) is 1.43. The molecule has 0 aliphatic carbocycles. The first-order chi connectivity index (χ1) is 9.63. The quantitative estimate of drug-likeness (QED) is 0.790. The molecule has 0 unspecified atom stereocenters. The van der Waals surface area contributed by atoms with Gasteiger partial charge in [0.05, 0.1) is 18.4 Å². The van der Waals surface area contributed by atoms with Gasteiger partial charge in [-0.05, 0) is 45.2 Å². The molecule has 0 aromatic rings. The number of amides is 1. The van der Waals surface area contributed by atoms with Crippen molar-refractivity contribution in [3.63, 3.8) is 0 Å². The molecule has 20 heavy (non-hydrogen) atoms. The number of piperidine rings is 2. The summed E-state index contributed by atoms with van der Waals surface area (Å²) in [5, 5.41) is 3.33. The lowest BCUT2D eigenvalue weighted by atomic mass is 9.75. The first-order valence-corrected chi connectivity index (χ1v) is 7.71. The van der Waals surface area contributed by atoms with Crippen LogP contribution in [0.1, 0.15) is 39.0 Å². The fourth-order valence-corrected chi connectivity index (χ4v) is 3.44. The molecule has 0 saturated carbocycles. The standard InChI is InChI=1S/C15H26N2O3/c1-3-15(6-8-16-9-7-15)14(19)17-10-4-12(5-11-17)13(18)20-2/h12,16H,3-11H2,1-2H3. The van der Waals surface area contributed by atoms with E-state index in [1.807, 2.05) is 4.90 Å². The van der Waals surface area contributed by atoms with Crippen LogP contribution in [0.15, 0.2) is 0 Å². The third kappa shape index (κ3) is 2.97. The third-order valence-electron chi connectivity index (χ3n) is 5.01. The summed E-state index contributed by atoms with van der Waals surface area (Å²) < 4.78 is 4.79.